The number of anilines is 2. The molecule has 4 rings (SSSR count). The number of carbonyl (C=O) groups excluding carboxylic acids is 1. The van der Waals surface area contributed by atoms with Gasteiger partial charge in [-0.1, -0.05) is 36.5 Å². The Bertz CT molecular complexity index is 1350. The Kier molecular flexibility index (Phi) is 10.8. The van der Waals surface area contributed by atoms with E-state index >= 15 is 0 Å². The van der Waals surface area contributed by atoms with Crippen molar-refractivity contribution in [2.24, 2.45) is 0 Å². The van der Waals surface area contributed by atoms with Crippen LogP contribution in [-0.2, 0) is 18.0 Å². The fourth-order valence-corrected chi connectivity index (χ4v) is 2.90. The zero-order valence-corrected chi connectivity index (χ0v) is 21.9. The first kappa shape index (κ1) is 29.8. The van der Waals surface area contributed by atoms with Crippen molar-refractivity contribution < 1.29 is 31.8 Å². The predicted molar refractivity (Wildman–Crippen MR) is 142 cm³/mol. The molecule has 0 saturated heterocycles. The third kappa shape index (κ3) is 9.87. The summed E-state index contributed by atoms with van der Waals surface area (Å²) in [4.78, 5) is 26.2. The number of hydrogen-bond acceptors (Lipinski definition) is 8. The zero-order chi connectivity index (χ0) is 29.1. The van der Waals surface area contributed by atoms with Crippen molar-refractivity contribution in [3.8, 4) is 12.0 Å². The van der Waals surface area contributed by atoms with Gasteiger partial charge >= 0.3 is 12.0 Å². The molecule has 0 aliphatic carbocycles. The van der Waals surface area contributed by atoms with E-state index in [1.165, 1.54) is 31.2 Å². The van der Waals surface area contributed by atoms with Gasteiger partial charge in [0.05, 0.1) is 17.4 Å². The summed E-state index contributed by atoms with van der Waals surface area (Å²) >= 11 is 4.82. The van der Waals surface area contributed by atoms with E-state index in [1.54, 1.807) is 31.2 Å². The van der Waals surface area contributed by atoms with E-state index in [-0.39, 0.29) is 48.5 Å². The zero-order valence-electron chi connectivity index (χ0n) is 21.1. The lowest BCUT2D eigenvalue weighted by atomic mass is 10.2. The van der Waals surface area contributed by atoms with Crippen LogP contribution in [-0.4, -0.2) is 30.8 Å². The molecule has 0 saturated carbocycles. The molecular weight excluding hydrogens is 552 g/mol. The van der Waals surface area contributed by atoms with Crippen LogP contribution in [0.25, 0.3) is 0 Å². The molecule has 0 atom stereocenters. The van der Waals surface area contributed by atoms with Crippen molar-refractivity contribution in [2.75, 3.05) is 10.6 Å². The normalized spacial score (nSPS) is 10.2. The molecule has 9 nitrogen and oxygen atoms in total. The number of aromatic nitrogens is 4. The number of thiocarbonyl (C=S) groups is 1. The van der Waals surface area contributed by atoms with Gasteiger partial charge in [0.1, 0.15) is 24.8 Å². The quantitative estimate of drug-likeness (QED) is 0.212. The molecule has 2 heterocycles. The topological polar surface area (TPSA) is 111 Å². The van der Waals surface area contributed by atoms with Crippen LogP contribution in [0.3, 0.4) is 0 Å². The Labute approximate surface area is 231 Å². The second-order valence-corrected chi connectivity index (χ2v) is 8.50. The highest BCUT2D eigenvalue weighted by molar-refractivity contribution is 7.80. The minimum Gasteiger partial charge on any atom is -0.459 e. The van der Waals surface area contributed by atoms with Crippen molar-refractivity contribution in [3.63, 3.8) is 0 Å². The summed E-state index contributed by atoms with van der Waals surface area (Å²) in [5.74, 6) is -2.79. The summed E-state index contributed by atoms with van der Waals surface area (Å²) in [5.41, 5.74) is 1.46. The molecule has 2 aromatic carbocycles. The number of nitrogens with zero attached hydrogens (tertiary/aromatic N) is 4. The number of halogens is 4. The first-order valence-electron chi connectivity index (χ1n) is 11.4. The third-order valence-electron chi connectivity index (χ3n) is 4.60. The van der Waals surface area contributed by atoms with Gasteiger partial charge in [0.15, 0.2) is 23.3 Å². The molecule has 4 aromatic rings. The monoisotopic (exact) mass is 574 g/mol. The van der Waals surface area contributed by atoms with Crippen LogP contribution in [0.5, 0.6) is 12.0 Å². The Morgan fingerprint density at radius 2 is 1.12 bits per heavy atom. The molecule has 40 heavy (non-hydrogen) atoms. The average Bonchev–Trinajstić information content (AvgIpc) is 2.91. The van der Waals surface area contributed by atoms with Gasteiger partial charge in [0, 0.05) is 6.92 Å². The summed E-state index contributed by atoms with van der Waals surface area (Å²) in [5, 5.41) is 4.82. The second-order valence-electron chi connectivity index (χ2n) is 7.89. The number of ether oxygens (including phenoxy) is 2. The van der Waals surface area contributed by atoms with E-state index in [0.29, 0.717) is 10.6 Å². The van der Waals surface area contributed by atoms with Gasteiger partial charge in [-0.15, -0.1) is 0 Å². The van der Waals surface area contributed by atoms with Gasteiger partial charge in [-0.05, 0) is 42.3 Å². The molecule has 0 spiro atoms. The van der Waals surface area contributed by atoms with E-state index in [2.05, 4.69) is 30.6 Å². The highest BCUT2D eigenvalue weighted by Crippen LogP contribution is 2.16. The highest BCUT2D eigenvalue weighted by Gasteiger charge is 2.10. The molecule has 0 aliphatic heterocycles. The van der Waals surface area contributed by atoms with Crippen LogP contribution in [0, 0.1) is 23.3 Å². The highest BCUT2D eigenvalue weighted by atomic mass is 32.1. The van der Waals surface area contributed by atoms with E-state index < -0.39 is 17.5 Å². The van der Waals surface area contributed by atoms with Crippen LogP contribution in [0.4, 0.5) is 29.2 Å². The van der Waals surface area contributed by atoms with Crippen molar-refractivity contribution in [2.45, 2.75) is 27.1 Å². The summed E-state index contributed by atoms with van der Waals surface area (Å²) in [6.07, 6.45) is 1.89. The van der Waals surface area contributed by atoms with Crippen molar-refractivity contribution in [3.05, 3.63) is 95.3 Å². The first-order valence-corrected chi connectivity index (χ1v) is 11.8. The van der Waals surface area contributed by atoms with Crippen LogP contribution in [0.1, 0.15) is 25.0 Å². The molecule has 0 bridgehead atoms. The number of hydrogen-bond donors (Lipinski definition) is 2. The standard InChI is InChI=1S/C13H11F2N3O2.C13H11F2N3OS/c1-8(19)17-12-11(15)6-16-13(18-12)20-7-9-2-4-10(14)5-3-9;1-8(20)17-12-11(15)6-16-13(18-12)19-7-9-2-4-10(14)5-3-9/h2-6H,7H2,1H3,(H,16,17,18,19);2-6H,7H2,1H3,(H,16,17,18,20). The molecule has 0 aliphatic rings. The SMILES string of the molecule is CC(=O)Nc1nc(OCc2ccc(F)cc2)ncc1F.CC(=S)Nc1nc(OCc2ccc(F)cc2)ncc1F. The smallest absolute Gasteiger partial charge is 0.318 e. The summed E-state index contributed by atoms with van der Waals surface area (Å²) < 4.78 is 62.7. The molecule has 0 fully saturated rings. The Hall–Kier alpha value is -4.72. The number of benzene rings is 2. The molecule has 0 unspecified atom stereocenters. The third-order valence-corrected chi connectivity index (χ3v) is 4.70. The maximum Gasteiger partial charge on any atom is 0.318 e. The van der Waals surface area contributed by atoms with Crippen LogP contribution < -0.4 is 20.1 Å². The minimum absolute atomic E-state index is 0.00877. The Morgan fingerprint density at radius 1 is 0.725 bits per heavy atom. The fourth-order valence-electron chi connectivity index (χ4n) is 2.81. The van der Waals surface area contributed by atoms with Crippen LogP contribution >= 0.6 is 12.2 Å². The lowest BCUT2D eigenvalue weighted by Crippen LogP contribution is -2.11. The van der Waals surface area contributed by atoms with Crippen molar-refractivity contribution >= 4 is 34.7 Å². The van der Waals surface area contributed by atoms with Crippen LogP contribution in [0.2, 0.25) is 0 Å². The molecule has 0 radical (unpaired) electrons. The molecule has 2 aromatic heterocycles. The maximum atomic E-state index is 13.4. The van der Waals surface area contributed by atoms with Crippen molar-refractivity contribution in [1.29, 1.82) is 0 Å². The molecule has 1 amide bonds. The Morgan fingerprint density at radius 3 is 1.50 bits per heavy atom. The van der Waals surface area contributed by atoms with E-state index in [1.807, 2.05) is 0 Å². The second kappa shape index (κ2) is 14.4. The minimum atomic E-state index is -0.755. The average molecular weight is 575 g/mol. The summed E-state index contributed by atoms with van der Waals surface area (Å²) in [6.45, 7) is 3.10. The molecule has 14 heteroatoms. The lowest BCUT2D eigenvalue weighted by Gasteiger charge is -2.07. The van der Waals surface area contributed by atoms with Gasteiger partial charge < -0.3 is 20.1 Å². The van der Waals surface area contributed by atoms with Gasteiger partial charge in [0.2, 0.25) is 5.91 Å². The lowest BCUT2D eigenvalue weighted by molar-refractivity contribution is -0.114. The van der Waals surface area contributed by atoms with Gasteiger partial charge in [-0.3, -0.25) is 4.79 Å². The van der Waals surface area contributed by atoms with Gasteiger partial charge in [-0.25, -0.2) is 27.5 Å². The summed E-state index contributed by atoms with van der Waals surface area (Å²) in [6, 6.07) is 11.4. The van der Waals surface area contributed by atoms with Gasteiger partial charge in [0.25, 0.3) is 0 Å². The fraction of sp³-hybridized carbons (Fsp3) is 0.154. The number of amides is 1. The summed E-state index contributed by atoms with van der Waals surface area (Å²) in [7, 11) is 0. The number of carbonyl (C=O) groups is 1. The first-order chi connectivity index (χ1) is 19.1. The Balaban J connectivity index is 0.000000220. The van der Waals surface area contributed by atoms with Gasteiger partial charge in [-0.2, -0.15) is 9.97 Å². The van der Waals surface area contributed by atoms with Crippen LogP contribution in [0.15, 0.2) is 60.9 Å². The molecule has 2 N–H and O–H groups in total. The van der Waals surface area contributed by atoms with E-state index in [0.717, 1.165) is 18.0 Å². The van der Waals surface area contributed by atoms with E-state index in [4.69, 9.17) is 21.7 Å². The number of rotatable bonds is 8. The maximum absolute atomic E-state index is 13.4. The van der Waals surface area contributed by atoms with Crippen molar-refractivity contribution in [1.82, 2.24) is 19.9 Å². The molecule has 208 valence electrons. The number of nitrogens with one attached hydrogen (secondary N) is 2. The largest absolute Gasteiger partial charge is 0.459 e. The molecular formula is C26H22F4N6O3S. The predicted octanol–water partition coefficient (Wildman–Crippen LogP) is 5.39. The van der Waals surface area contributed by atoms with E-state index in [9.17, 15) is 22.4 Å².